The van der Waals surface area contributed by atoms with Crippen molar-refractivity contribution in [2.75, 3.05) is 59.8 Å². The van der Waals surface area contributed by atoms with Crippen molar-refractivity contribution in [1.82, 2.24) is 14.7 Å². The number of piperidine rings is 1. The van der Waals surface area contributed by atoms with Gasteiger partial charge in [-0.1, -0.05) is 6.07 Å². The van der Waals surface area contributed by atoms with Gasteiger partial charge in [-0.25, -0.2) is 4.79 Å². The predicted octanol–water partition coefficient (Wildman–Crippen LogP) is 1.48. The lowest BCUT2D eigenvalue weighted by Crippen LogP contribution is -2.48. The molecular weight excluding hydrogens is 346 g/mol. The van der Waals surface area contributed by atoms with Gasteiger partial charge in [-0.3, -0.25) is 0 Å². The standard InChI is InChI=1S/C20H27N3O4/c1-21(9-14-2-3-18-19(8-14)27-13-26-18)10-15-16-11-23(12-17(15)16)20(24)22-4-6-25-7-5-22/h2-3,8,15-17H,4-7,9-13H2,1H3/t15?,16-,17+. The van der Waals surface area contributed by atoms with E-state index in [1.807, 2.05) is 11.0 Å². The molecule has 0 aromatic heterocycles. The summed E-state index contributed by atoms with van der Waals surface area (Å²) in [5, 5.41) is 0. The van der Waals surface area contributed by atoms with Crippen LogP contribution in [0, 0.1) is 17.8 Å². The minimum Gasteiger partial charge on any atom is -0.454 e. The SMILES string of the molecule is CN(Cc1ccc2c(c1)OCO2)CC1[C@H]2CN(C(=O)N3CCOCC3)C[C@@H]12. The molecule has 146 valence electrons. The third-order valence-corrected chi connectivity index (χ3v) is 6.34. The second-order valence-electron chi connectivity index (χ2n) is 8.16. The van der Waals surface area contributed by atoms with E-state index in [-0.39, 0.29) is 6.03 Å². The van der Waals surface area contributed by atoms with Gasteiger partial charge in [0.2, 0.25) is 6.79 Å². The van der Waals surface area contributed by atoms with Crippen molar-refractivity contribution < 1.29 is 19.0 Å². The Labute approximate surface area is 159 Å². The van der Waals surface area contributed by atoms with E-state index in [2.05, 4.69) is 29.0 Å². The second-order valence-corrected chi connectivity index (χ2v) is 8.16. The van der Waals surface area contributed by atoms with Crippen LogP contribution in [0.3, 0.4) is 0 Å². The van der Waals surface area contributed by atoms with Crippen molar-refractivity contribution in [2.45, 2.75) is 6.54 Å². The van der Waals surface area contributed by atoms with Gasteiger partial charge in [0.25, 0.3) is 0 Å². The summed E-state index contributed by atoms with van der Waals surface area (Å²) in [4.78, 5) is 19.0. The molecule has 4 aliphatic rings. The number of amides is 2. The lowest BCUT2D eigenvalue weighted by molar-refractivity contribution is 0.0438. The van der Waals surface area contributed by atoms with E-state index >= 15 is 0 Å². The van der Waals surface area contributed by atoms with Gasteiger partial charge in [-0.2, -0.15) is 0 Å². The first-order valence-electron chi connectivity index (χ1n) is 9.88. The van der Waals surface area contributed by atoms with Crippen molar-refractivity contribution in [3.8, 4) is 11.5 Å². The molecule has 3 fully saturated rings. The summed E-state index contributed by atoms with van der Waals surface area (Å²) in [7, 11) is 2.18. The lowest BCUT2D eigenvalue weighted by Gasteiger charge is -2.32. The van der Waals surface area contributed by atoms with Crippen LogP contribution in [0.25, 0.3) is 0 Å². The first-order valence-corrected chi connectivity index (χ1v) is 9.88. The van der Waals surface area contributed by atoms with Gasteiger partial charge in [0, 0.05) is 39.3 Å². The summed E-state index contributed by atoms with van der Waals surface area (Å²) >= 11 is 0. The summed E-state index contributed by atoms with van der Waals surface area (Å²) in [5.41, 5.74) is 1.25. The Balaban J connectivity index is 1.10. The number of likely N-dealkylation sites (tertiary alicyclic amines) is 1. The molecule has 0 radical (unpaired) electrons. The Bertz CT molecular complexity index is 709. The van der Waals surface area contributed by atoms with E-state index < -0.39 is 0 Å². The summed E-state index contributed by atoms with van der Waals surface area (Å²) < 4.78 is 16.2. The number of benzene rings is 1. The molecule has 5 rings (SSSR count). The zero-order chi connectivity index (χ0) is 18.4. The number of rotatable bonds is 4. The van der Waals surface area contributed by atoms with Gasteiger partial charge < -0.3 is 28.9 Å². The molecule has 3 heterocycles. The topological polar surface area (TPSA) is 54.5 Å². The molecule has 1 saturated carbocycles. The Morgan fingerprint density at radius 1 is 1.11 bits per heavy atom. The molecule has 3 atom stereocenters. The third-order valence-electron chi connectivity index (χ3n) is 6.34. The fourth-order valence-electron chi connectivity index (χ4n) is 4.81. The van der Waals surface area contributed by atoms with Crippen molar-refractivity contribution in [3.05, 3.63) is 23.8 Å². The van der Waals surface area contributed by atoms with E-state index in [0.29, 0.717) is 31.8 Å². The van der Waals surface area contributed by atoms with Gasteiger partial charge in [0.15, 0.2) is 11.5 Å². The average molecular weight is 373 g/mol. The zero-order valence-electron chi connectivity index (χ0n) is 15.8. The molecule has 1 aromatic rings. The number of hydrogen-bond donors (Lipinski definition) is 0. The Hall–Kier alpha value is -1.99. The highest BCUT2D eigenvalue weighted by molar-refractivity contribution is 5.75. The van der Waals surface area contributed by atoms with Crippen LogP contribution in [-0.4, -0.2) is 80.5 Å². The van der Waals surface area contributed by atoms with Gasteiger partial charge in [0.1, 0.15) is 0 Å². The van der Waals surface area contributed by atoms with Gasteiger partial charge >= 0.3 is 6.03 Å². The number of ether oxygens (including phenoxy) is 3. The highest BCUT2D eigenvalue weighted by Gasteiger charge is 2.56. The highest BCUT2D eigenvalue weighted by atomic mass is 16.7. The van der Waals surface area contributed by atoms with Crippen LogP contribution >= 0.6 is 0 Å². The van der Waals surface area contributed by atoms with Crippen LogP contribution in [0.2, 0.25) is 0 Å². The van der Waals surface area contributed by atoms with Crippen molar-refractivity contribution in [2.24, 2.45) is 17.8 Å². The van der Waals surface area contributed by atoms with Crippen molar-refractivity contribution in [3.63, 3.8) is 0 Å². The molecule has 1 aliphatic carbocycles. The molecule has 0 spiro atoms. The molecule has 2 saturated heterocycles. The van der Waals surface area contributed by atoms with E-state index in [0.717, 1.165) is 56.7 Å². The number of fused-ring (bicyclic) bond motifs is 2. The molecule has 7 nitrogen and oxygen atoms in total. The van der Waals surface area contributed by atoms with E-state index in [1.54, 1.807) is 0 Å². The molecule has 3 aliphatic heterocycles. The van der Waals surface area contributed by atoms with Crippen LogP contribution in [-0.2, 0) is 11.3 Å². The summed E-state index contributed by atoms with van der Waals surface area (Å²) in [5.74, 6) is 3.76. The van der Waals surface area contributed by atoms with E-state index in [9.17, 15) is 4.79 Å². The van der Waals surface area contributed by atoms with Crippen LogP contribution in [0.15, 0.2) is 18.2 Å². The van der Waals surface area contributed by atoms with Crippen LogP contribution in [0.4, 0.5) is 4.79 Å². The van der Waals surface area contributed by atoms with Gasteiger partial charge in [-0.05, 0) is 42.5 Å². The monoisotopic (exact) mass is 373 g/mol. The predicted molar refractivity (Wildman–Crippen MR) is 98.7 cm³/mol. The number of nitrogens with zero attached hydrogens (tertiary/aromatic N) is 3. The minimum atomic E-state index is 0.206. The quantitative estimate of drug-likeness (QED) is 0.800. The maximum Gasteiger partial charge on any atom is 0.320 e. The molecule has 0 bridgehead atoms. The third kappa shape index (κ3) is 3.34. The first-order chi connectivity index (χ1) is 13.2. The molecule has 7 heteroatoms. The molecule has 1 unspecified atom stereocenters. The smallest absolute Gasteiger partial charge is 0.320 e. The summed E-state index contributed by atoms with van der Waals surface area (Å²) in [6.07, 6.45) is 0. The largest absolute Gasteiger partial charge is 0.454 e. The molecule has 2 amide bonds. The molecule has 1 aromatic carbocycles. The molecule has 0 N–H and O–H groups in total. The maximum absolute atomic E-state index is 12.6. The van der Waals surface area contributed by atoms with Crippen molar-refractivity contribution in [1.29, 1.82) is 0 Å². The number of carbonyl (C=O) groups is 1. The summed E-state index contributed by atoms with van der Waals surface area (Å²) in [6.45, 7) is 6.94. The zero-order valence-corrected chi connectivity index (χ0v) is 15.8. The fourth-order valence-corrected chi connectivity index (χ4v) is 4.81. The van der Waals surface area contributed by atoms with E-state index in [1.165, 1.54) is 5.56 Å². The Morgan fingerprint density at radius 2 is 1.85 bits per heavy atom. The number of morpholine rings is 1. The van der Waals surface area contributed by atoms with Crippen LogP contribution < -0.4 is 9.47 Å². The van der Waals surface area contributed by atoms with E-state index in [4.69, 9.17) is 14.2 Å². The van der Waals surface area contributed by atoms with Crippen LogP contribution in [0.1, 0.15) is 5.56 Å². The van der Waals surface area contributed by atoms with Crippen molar-refractivity contribution >= 4 is 6.03 Å². The number of carbonyl (C=O) groups excluding carboxylic acids is 1. The normalized spacial score (nSPS) is 28.6. The molecular formula is C20H27N3O4. The maximum atomic E-state index is 12.6. The fraction of sp³-hybridized carbons (Fsp3) is 0.650. The molecule has 27 heavy (non-hydrogen) atoms. The van der Waals surface area contributed by atoms with Gasteiger partial charge in [-0.15, -0.1) is 0 Å². The van der Waals surface area contributed by atoms with Gasteiger partial charge in [0.05, 0.1) is 13.2 Å². The summed E-state index contributed by atoms with van der Waals surface area (Å²) in [6, 6.07) is 6.39. The minimum absolute atomic E-state index is 0.206. The first kappa shape index (κ1) is 17.1. The Kier molecular flexibility index (Phi) is 4.36. The second kappa shape index (κ2) is 6.87. The Morgan fingerprint density at radius 3 is 2.63 bits per heavy atom. The lowest BCUT2D eigenvalue weighted by atomic mass is 10.1. The number of urea groups is 1. The van der Waals surface area contributed by atoms with Crippen LogP contribution in [0.5, 0.6) is 11.5 Å². The highest BCUT2D eigenvalue weighted by Crippen LogP contribution is 2.52. The number of hydrogen-bond acceptors (Lipinski definition) is 5. The average Bonchev–Trinajstić information content (AvgIpc) is 3.09.